The first-order valence-electron chi connectivity index (χ1n) is 5.09. The van der Waals surface area contributed by atoms with Gasteiger partial charge in [0.15, 0.2) is 0 Å². The maximum absolute atomic E-state index is 9.07. The molecule has 4 heteroatoms. The molecule has 0 radical (unpaired) electrons. The maximum Gasteiger partial charge on any atom is 0.131 e. The van der Waals surface area contributed by atoms with Gasteiger partial charge in [0, 0.05) is 19.8 Å². The van der Waals surface area contributed by atoms with E-state index in [0.717, 1.165) is 16.9 Å². The zero-order chi connectivity index (χ0) is 11.4. The summed E-state index contributed by atoms with van der Waals surface area (Å²) in [6.45, 7) is 4.59. The van der Waals surface area contributed by atoms with E-state index in [4.69, 9.17) is 10.8 Å². The van der Waals surface area contributed by atoms with Crippen LogP contribution in [-0.2, 0) is 6.54 Å². The van der Waals surface area contributed by atoms with Crippen LogP contribution in [0, 0.1) is 6.92 Å². The summed E-state index contributed by atoms with van der Waals surface area (Å²) >= 11 is 0. The molecule has 1 rings (SSSR count). The van der Waals surface area contributed by atoms with E-state index in [0.29, 0.717) is 6.54 Å². The van der Waals surface area contributed by atoms with E-state index >= 15 is 0 Å². The quantitative estimate of drug-likeness (QED) is 0.765. The first kappa shape index (κ1) is 11.9. The Balaban J connectivity index is 2.95. The monoisotopic (exact) mass is 209 g/mol. The van der Waals surface area contributed by atoms with Gasteiger partial charge in [0.25, 0.3) is 0 Å². The lowest BCUT2D eigenvalue weighted by molar-refractivity contribution is 0.269. The highest BCUT2D eigenvalue weighted by atomic mass is 16.3. The minimum Gasteiger partial charge on any atom is -0.394 e. The van der Waals surface area contributed by atoms with Crippen molar-refractivity contribution in [3.8, 4) is 0 Å². The molecule has 0 bridgehead atoms. The Labute approximate surface area is 90.7 Å². The number of aliphatic hydroxyl groups is 1. The van der Waals surface area contributed by atoms with Crippen LogP contribution in [0.2, 0.25) is 0 Å². The Bertz CT molecular complexity index is 328. The second kappa shape index (κ2) is 5.09. The SMILES string of the molecule is Cc1cc(CN)cnc1N(C)C(C)CO. The van der Waals surface area contributed by atoms with Gasteiger partial charge in [-0.2, -0.15) is 0 Å². The van der Waals surface area contributed by atoms with Gasteiger partial charge in [-0.25, -0.2) is 4.98 Å². The van der Waals surface area contributed by atoms with Gasteiger partial charge in [-0.1, -0.05) is 0 Å². The molecule has 4 nitrogen and oxygen atoms in total. The Morgan fingerprint density at radius 2 is 2.27 bits per heavy atom. The van der Waals surface area contributed by atoms with Crippen molar-refractivity contribution in [3.05, 3.63) is 23.4 Å². The van der Waals surface area contributed by atoms with Crippen LogP contribution in [0.5, 0.6) is 0 Å². The molecule has 0 saturated carbocycles. The molecule has 1 unspecified atom stereocenters. The molecular formula is C11H19N3O. The lowest BCUT2D eigenvalue weighted by Gasteiger charge is -2.25. The molecule has 1 atom stereocenters. The van der Waals surface area contributed by atoms with Gasteiger partial charge in [-0.05, 0) is 31.0 Å². The third kappa shape index (κ3) is 2.67. The summed E-state index contributed by atoms with van der Waals surface area (Å²) in [5, 5.41) is 9.07. The summed E-state index contributed by atoms with van der Waals surface area (Å²) in [7, 11) is 1.93. The fourth-order valence-electron chi connectivity index (χ4n) is 1.44. The van der Waals surface area contributed by atoms with Crippen LogP contribution < -0.4 is 10.6 Å². The van der Waals surface area contributed by atoms with E-state index in [2.05, 4.69) is 4.98 Å². The minimum absolute atomic E-state index is 0.0694. The van der Waals surface area contributed by atoms with Crippen molar-refractivity contribution in [1.82, 2.24) is 4.98 Å². The molecule has 0 aliphatic carbocycles. The summed E-state index contributed by atoms with van der Waals surface area (Å²) in [4.78, 5) is 6.32. The largest absolute Gasteiger partial charge is 0.394 e. The second-order valence-corrected chi connectivity index (χ2v) is 3.83. The van der Waals surface area contributed by atoms with Crippen LogP contribution in [-0.4, -0.2) is 29.8 Å². The van der Waals surface area contributed by atoms with Crippen LogP contribution in [0.15, 0.2) is 12.3 Å². The van der Waals surface area contributed by atoms with Crippen molar-refractivity contribution in [3.63, 3.8) is 0 Å². The standard InChI is InChI=1S/C11H19N3O/c1-8-4-10(5-12)6-13-11(8)14(3)9(2)7-15/h4,6,9,15H,5,7,12H2,1-3H3. The highest BCUT2D eigenvalue weighted by Crippen LogP contribution is 2.18. The van der Waals surface area contributed by atoms with Crippen LogP contribution in [0.4, 0.5) is 5.82 Å². The van der Waals surface area contributed by atoms with Crippen molar-refractivity contribution >= 4 is 5.82 Å². The molecule has 0 saturated heterocycles. The zero-order valence-electron chi connectivity index (χ0n) is 9.57. The fraction of sp³-hybridized carbons (Fsp3) is 0.545. The molecule has 1 aromatic rings. The number of pyridine rings is 1. The minimum atomic E-state index is 0.0694. The van der Waals surface area contributed by atoms with Crippen molar-refractivity contribution in [2.75, 3.05) is 18.6 Å². The number of likely N-dealkylation sites (N-methyl/N-ethyl adjacent to an activating group) is 1. The lowest BCUT2D eigenvalue weighted by Crippen LogP contribution is -2.33. The Hall–Kier alpha value is -1.13. The normalized spacial score (nSPS) is 12.6. The maximum atomic E-state index is 9.07. The van der Waals surface area contributed by atoms with Crippen molar-refractivity contribution < 1.29 is 5.11 Å². The van der Waals surface area contributed by atoms with Gasteiger partial charge in [0.1, 0.15) is 5.82 Å². The summed E-state index contributed by atoms with van der Waals surface area (Å²) in [5.74, 6) is 0.897. The van der Waals surface area contributed by atoms with Crippen LogP contribution in [0.25, 0.3) is 0 Å². The number of hydrogen-bond acceptors (Lipinski definition) is 4. The topological polar surface area (TPSA) is 62.4 Å². The van der Waals surface area contributed by atoms with Crippen LogP contribution in [0.3, 0.4) is 0 Å². The highest BCUT2D eigenvalue weighted by Gasteiger charge is 2.12. The number of anilines is 1. The molecule has 15 heavy (non-hydrogen) atoms. The molecular weight excluding hydrogens is 190 g/mol. The summed E-state index contributed by atoms with van der Waals surface area (Å²) in [5.41, 5.74) is 7.65. The Morgan fingerprint density at radius 1 is 1.60 bits per heavy atom. The number of nitrogens with zero attached hydrogens (tertiary/aromatic N) is 2. The van der Waals surface area contributed by atoms with E-state index in [9.17, 15) is 0 Å². The first-order chi connectivity index (χ1) is 7.10. The number of aryl methyl sites for hydroxylation is 1. The zero-order valence-corrected chi connectivity index (χ0v) is 9.57. The van der Waals surface area contributed by atoms with Gasteiger partial charge >= 0.3 is 0 Å². The Morgan fingerprint density at radius 3 is 2.73 bits per heavy atom. The van der Waals surface area contributed by atoms with Crippen LogP contribution in [0.1, 0.15) is 18.1 Å². The Kier molecular flexibility index (Phi) is 4.05. The predicted molar refractivity (Wildman–Crippen MR) is 61.8 cm³/mol. The summed E-state index contributed by atoms with van der Waals surface area (Å²) in [6, 6.07) is 2.10. The molecule has 0 aromatic carbocycles. The van der Waals surface area contributed by atoms with Crippen LogP contribution >= 0.6 is 0 Å². The summed E-state index contributed by atoms with van der Waals surface area (Å²) in [6.07, 6.45) is 1.78. The van der Waals surface area contributed by atoms with Gasteiger partial charge < -0.3 is 15.7 Å². The molecule has 0 fully saturated rings. The number of hydrogen-bond donors (Lipinski definition) is 2. The molecule has 3 N–H and O–H groups in total. The number of rotatable bonds is 4. The van der Waals surface area contributed by atoms with Gasteiger partial charge in [0.2, 0.25) is 0 Å². The number of aromatic nitrogens is 1. The predicted octanol–water partition coefficient (Wildman–Crippen LogP) is 0.666. The van der Waals surface area contributed by atoms with Gasteiger partial charge in [-0.3, -0.25) is 0 Å². The molecule has 0 aliphatic heterocycles. The van der Waals surface area contributed by atoms with E-state index in [-0.39, 0.29) is 12.6 Å². The van der Waals surface area contributed by atoms with E-state index < -0.39 is 0 Å². The molecule has 0 amide bonds. The number of nitrogens with two attached hydrogens (primary N) is 1. The average molecular weight is 209 g/mol. The highest BCUT2D eigenvalue weighted by molar-refractivity contribution is 5.47. The van der Waals surface area contributed by atoms with Gasteiger partial charge in [-0.15, -0.1) is 0 Å². The molecule has 0 spiro atoms. The third-order valence-electron chi connectivity index (χ3n) is 2.60. The van der Waals surface area contributed by atoms with E-state index in [1.165, 1.54) is 0 Å². The van der Waals surface area contributed by atoms with E-state index in [1.54, 1.807) is 6.20 Å². The van der Waals surface area contributed by atoms with Crippen molar-refractivity contribution in [1.29, 1.82) is 0 Å². The van der Waals surface area contributed by atoms with Gasteiger partial charge in [0.05, 0.1) is 12.6 Å². The van der Waals surface area contributed by atoms with E-state index in [1.807, 2.05) is 31.9 Å². The molecule has 84 valence electrons. The number of aliphatic hydroxyl groups excluding tert-OH is 1. The lowest BCUT2D eigenvalue weighted by atomic mass is 10.2. The second-order valence-electron chi connectivity index (χ2n) is 3.83. The fourth-order valence-corrected chi connectivity index (χ4v) is 1.44. The molecule has 1 heterocycles. The van der Waals surface area contributed by atoms with Crippen molar-refractivity contribution in [2.45, 2.75) is 26.4 Å². The first-order valence-corrected chi connectivity index (χ1v) is 5.09. The smallest absolute Gasteiger partial charge is 0.131 e. The molecule has 0 aliphatic rings. The average Bonchev–Trinajstić information content (AvgIpc) is 2.26. The molecule has 1 aromatic heterocycles. The third-order valence-corrected chi connectivity index (χ3v) is 2.60. The summed E-state index contributed by atoms with van der Waals surface area (Å²) < 4.78 is 0. The van der Waals surface area contributed by atoms with Crippen molar-refractivity contribution in [2.24, 2.45) is 5.73 Å².